The van der Waals surface area contributed by atoms with Crippen molar-refractivity contribution in [1.82, 2.24) is 14.5 Å². The maximum Gasteiger partial charge on any atom is 0.0992 e. The molecule has 5 aromatic rings. The van der Waals surface area contributed by atoms with E-state index >= 15 is 0 Å². The van der Waals surface area contributed by atoms with Crippen molar-refractivity contribution in [3.8, 4) is 28.6 Å². The van der Waals surface area contributed by atoms with E-state index in [1.807, 2.05) is 83.6 Å². The minimum Gasteiger partial charge on any atom is -0.394 e. The average Bonchev–Trinajstić information content (AvgIpc) is 3.45. The summed E-state index contributed by atoms with van der Waals surface area (Å²) in [5.41, 5.74) is 6.05. The number of imidazole rings is 1. The highest BCUT2D eigenvalue weighted by molar-refractivity contribution is 6.30. The number of H-pyrrole nitrogens is 1. The number of nitriles is 1. The van der Waals surface area contributed by atoms with E-state index in [1.165, 1.54) is 0 Å². The molecule has 0 radical (unpaired) electrons. The number of halogens is 1. The number of nitrogens with one attached hydrogen (secondary N) is 1. The first-order valence-corrected chi connectivity index (χ1v) is 10.6. The van der Waals surface area contributed by atoms with E-state index in [1.54, 1.807) is 6.33 Å². The molecule has 6 heteroatoms. The van der Waals surface area contributed by atoms with Crippen LogP contribution in [-0.4, -0.2) is 26.2 Å². The van der Waals surface area contributed by atoms with Crippen molar-refractivity contribution in [1.29, 1.82) is 5.26 Å². The van der Waals surface area contributed by atoms with E-state index in [2.05, 4.69) is 11.1 Å². The molecule has 0 spiro atoms. The molecule has 0 amide bonds. The van der Waals surface area contributed by atoms with Crippen molar-refractivity contribution in [2.24, 2.45) is 0 Å². The van der Waals surface area contributed by atoms with E-state index in [4.69, 9.17) is 16.6 Å². The Kier molecular flexibility index (Phi) is 5.24. The Labute approximate surface area is 190 Å². The number of nitrogens with zero attached hydrogens (tertiary/aromatic N) is 3. The largest absolute Gasteiger partial charge is 0.394 e. The minimum absolute atomic E-state index is 0.0971. The quantitative estimate of drug-likeness (QED) is 0.363. The van der Waals surface area contributed by atoms with E-state index < -0.39 is 0 Å². The van der Waals surface area contributed by atoms with Crippen LogP contribution < -0.4 is 0 Å². The monoisotopic (exact) mass is 438 g/mol. The second-order valence-corrected chi connectivity index (χ2v) is 7.98. The van der Waals surface area contributed by atoms with Crippen molar-refractivity contribution in [3.05, 3.63) is 101 Å². The third-order valence-corrected chi connectivity index (χ3v) is 5.92. The topological polar surface area (TPSA) is 77.6 Å². The number of aliphatic hydroxyl groups excluding tert-OH is 1. The number of benzene rings is 3. The number of hydrogen-bond acceptors (Lipinski definition) is 3. The van der Waals surface area contributed by atoms with Gasteiger partial charge < -0.3 is 14.7 Å². The Morgan fingerprint density at radius 2 is 1.84 bits per heavy atom. The number of aliphatic hydroxyl groups is 1. The van der Waals surface area contributed by atoms with Crippen molar-refractivity contribution < 1.29 is 5.11 Å². The third-order valence-electron chi connectivity index (χ3n) is 5.67. The molecular formula is C26H19ClN4O. The molecule has 1 atom stereocenters. The van der Waals surface area contributed by atoms with Gasteiger partial charge >= 0.3 is 0 Å². The lowest BCUT2D eigenvalue weighted by molar-refractivity contribution is 0.250. The molecule has 2 aromatic heterocycles. The van der Waals surface area contributed by atoms with Gasteiger partial charge in [-0.15, -0.1) is 0 Å². The summed E-state index contributed by atoms with van der Waals surface area (Å²) in [6.45, 7) is -0.0971. The number of fused-ring (bicyclic) bond motifs is 1. The summed E-state index contributed by atoms with van der Waals surface area (Å²) in [5.74, 6) is 0. The Morgan fingerprint density at radius 1 is 1.06 bits per heavy atom. The lowest BCUT2D eigenvalue weighted by Crippen LogP contribution is -2.15. The molecular weight excluding hydrogens is 420 g/mol. The zero-order chi connectivity index (χ0) is 22.1. The van der Waals surface area contributed by atoms with E-state index in [0.717, 1.165) is 39.0 Å². The van der Waals surface area contributed by atoms with Gasteiger partial charge in [0.05, 0.1) is 42.0 Å². The van der Waals surface area contributed by atoms with Crippen LogP contribution >= 0.6 is 11.6 Å². The molecule has 3 aromatic carbocycles. The molecule has 2 heterocycles. The molecule has 0 unspecified atom stereocenters. The van der Waals surface area contributed by atoms with Crippen molar-refractivity contribution in [3.63, 3.8) is 0 Å². The average molecular weight is 439 g/mol. The van der Waals surface area contributed by atoms with Crippen molar-refractivity contribution in [2.75, 3.05) is 6.61 Å². The summed E-state index contributed by atoms with van der Waals surface area (Å²) < 4.78 is 2.01. The lowest BCUT2D eigenvalue weighted by Gasteiger charge is -2.20. The predicted octanol–water partition coefficient (Wildman–Crippen LogP) is 5.81. The number of aromatic amines is 1. The first-order valence-electron chi connectivity index (χ1n) is 10.2. The molecule has 5 rings (SSSR count). The molecule has 5 nitrogen and oxygen atoms in total. The van der Waals surface area contributed by atoms with Gasteiger partial charge in [0.25, 0.3) is 0 Å². The number of rotatable bonds is 5. The smallest absolute Gasteiger partial charge is 0.0992 e. The highest BCUT2D eigenvalue weighted by atomic mass is 35.5. The van der Waals surface area contributed by atoms with Crippen LogP contribution in [0.15, 0.2) is 85.3 Å². The Balaban J connectivity index is 1.75. The molecule has 32 heavy (non-hydrogen) atoms. The Morgan fingerprint density at radius 3 is 2.56 bits per heavy atom. The van der Waals surface area contributed by atoms with Gasteiger partial charge in [-0.05, 0) is 29.8 Å². The molecule has 0 fully saturated rings. The second-order valence-electron chi connectivity index (χ2n) is 7.54. The van der Waals surface area contributed by atoms with Crippen LogP contribution in [0.25, 0.3) is 33.4 Å². The molecule has 2 N–H and O–H groups in total. The Bertz CT molecular complexity index is 1430. The molecule has 0 aliphatic heterocycles. The summed E-state index contributed by atoms with van der Waals surface area (Å²) in [7, 11) is 0. The fourth-order valence-corrected chi connectivity index (χ4v) is 4.23. The predicted molar refractivity (Wildman–Crippen MR) is 126 cm³/mol. The lowest BCUT2D eigenvalue weighted by atomic mass is 10.0. The van der Waals surface area contributed by atoms with E-state index in [0.29, 0.717) is 10.6 Å². The SMILES string of the molecule is N#Cc1ccc2c(-c3c(-c4ccccc4)ncn3[C@H](CO)c3ccc(Cl)cc3)c[nH]c2c1. The van der Waals surface area contributed by atoms with E-state index in [9.17, 15) is 10.4 Å². The van der Waals surface area contributed by atoms with Crippen molar-refractivity contribution in [2.45, 2.75) is 6.04 Å². The summed E-state index contributed by atoms with van der Waals surface area (Å²) >= 11 is 6.08. The van der Waals surface area contributed by atoms with Gasteiger partial charge in [-0.3, -0.25) is 0 Å². The van der Waals surface area contributed by atoms with Crippen molar-refractivity contribution >= 4 is 22.5 Å². The first-order chi connectivity index (χ1) is 15.7. The fourth-order valence-electron chi connectivity index (χ4n) is 4.10. The van der Waals surface area contributed by atoms with Crippen LogP contribution in [0.5, 0.6) is 0 Å². The van der Waals surface area contributed by atoms with Gasteiger partial charge in [-0.1, -0.05) is 60.1 Å². The highest BCUT2D eigenvalue weighted by Crippen LogP contribution is 2.38. The maximum atomic E-state index is 10.4. The fraction of sp³-hybridized carbons (Fsp3) is 0.0769. The Hall–Kier alpha value is -3.85. The standard InChI is InChI=1S/C26H19ClN4O/c27-20-9-7-18(8-10-20)24(15-32)31-16-30-25(19-4-2-1-3-5-19)26(31)22-14-29-23-12-17(13-28)6-11-21(22)23/h1-12,14,16,24,29,32H,15H2/t24-/m1/s1. The molecule has 156 valence electrons. The first kappa shape index (κ1) is 20.1. The number of aromatic nitrogens is 3. The maximum absolute atomic E-state index is 10.4. The summed E-state index contributed by atoms with van der Waals surface area (Å²) in [6, 6.07) is 24.9. The third kappa shape index (κ3) is 3.46. The van der Waals surface area contributed by atoms with Gasteiger partial charge in [0, 0.05) is 33.2 Å². The van der Waals surface area contributed by atoms with Gasteiger partial charge in [0.1, 0.15) is 0 Å². The molecule has 0 saturated carbocycles. The van der Waals surface area contributed by atoms with Crippen LogP contribution in [-0.2, 0) is 0 Å². The minimum atomic E-state index is -0.337. The molecule has 0 bridgehead atoms. The number of hydrogen-bond donors (Lipinski definition) is 2. The molecule has 0 aliphatic rings. The van der Waals surface area contributed by atoms with Gasteiger partial charge in [0.2, 0.25) is 0 Å². The summed E-state index contributed by atoms with van der Waals surface area (Å²) in [5, 5.41) is 21.2. The van der Waals surface area contributed by atoms with Gasteiger partial charge in [-0.2, -0.15) is 5.26 Å². The zero-order valence-electron chi connectivity index (χ0n) is 17.0. The van der Waals surface area contributed by atoms with Crippen LogP contribution in [0.1, 0.15) is 17.2 Å². The second kappa shape index (κ2) is 8.35. The van der Waals surface area contributed by atoms with E-state index in [-0.39, 0.29) is 12.6 Å². The van der Waals surface area contributed by atoms with Gasteiger partial charge in [0.15, 0.2) is 0 Å². The zero-order valence-corrected chi connectivity index (χ0v) is 17.8. The van der Waals surface area contributed by atoms with Crippen LogP contribution in [0.4, 0.5) is 0 Å². The normalized spacial score (nSPS) is 12.0. The van der Waals surface area contributed by atoms with Gasteiger partial charge in [-0.25, -0.2) is 4.98 Å². The molecule has 0 aliphatic carbocycles. The molecule has 0 saturated heterocycles. The van der Waals surface area contributed by atoms with Crippen LogP contribution in [0, 0.1) is 11.3 Å². The summed E-state index contributed by atoms with van der Waals surface area (Å²) in [4.78, 5) is 8.04. The summed E-state index contributed by atoms with van der Waals surface area (Å²) in [6.07, 6.45) is 3.71. The van der Waals surface area contributed by atoms with Crippen LogP contribution in [0.2, 0.25) is 5.02 Å². The van der Waals surface area contributed by atoms with Crippen LogP contribution in [0.3, 0.4) is 0 Å². The highest BCUT2D eigenvalue weighted by Gasteiger charge is 2.23.